The SMILES string of the molecule is c1ccc(N2c3ccccc3[Si]3(c4ccccc42)c2ccccc2N(c2ccc(-n4c5cccnc5c5ncccc54)nc2)c2ccccc23)cc1. The van der Waals surface area contributed by atoms with Gasteiger partial charge in [-0.3, -0.25) is 14.5 Å². The van der Waals surface area contributed by atoms with Crippen LogP contribution in [0.15, 0.2) is 182 Å². The molecule has 0 saturated heterocycles. The number of hydrogen-bond donors (Lipinski definition) is 0. The number of pyridine rings is 3. The Balaban J connectivity index is 1.14. The van der Waals surface area contributed by atoms with Gasteiger partial charge in [0, 0.05) is 40.8 Å². The van der Waals surface area contributed by atoms with Gasteiger partial charge in [0.15, 0.2) is 8.07 Å². The number of anilines is 6. The Morgan fingerprint density at radius 2 is 0.808 bits per heavy atom. The highest BCUT2D eigenvalue weighted by molar-refractivity contribution is 7.23. The van der Waals surface area contributed by atoms with Gasteiger partial charge in [-0.2, -0.15) is 0 Å². The Kier molecular flexibility index (Phi) is 6.17. The zero-order valence-electron chi connectivity index (χ0n) is 28.0. The Labute approximate surface area is 301 Å². The van der Waals surface area contributed by atoms with E-state index in [1.165, 1.54) is 43.5 Å². The lowest BCUT2D eigenvalue weighted by Gasteiger charge is -2.49. The molecule has 2 aliphatic rings. The molecular weight excluding hydrogens is 653 g/mol. The number of rotatable bonds is 3. The number of hydrogen-bond acceptors (Lipinski definition) is 5. The van der Waals surface area contributed by atoms with Crippen LogP contribution in [0.5, 0.6) is 0 Å². The molecule has 6 nitrogen and oxygen atoms in total. The second-order valence-electron chi connectivity index (χ2n) is 13.3. The van der Waals surface area contributed by atoms with Crippen molar-refractivity contribution in [3.05, 3.63) is 182 Å². The van der Waals surface area contributed by atoms with Crippen LogP contribution in [0.3, 0.4) is 0 Å². The lowest BCUT2D eigenvalue weighted by atomic mass is 10.1. The van der Waals surface area contributed by atoms with Crippen LogP contribution < -0.4 is 30.5 Å². The molecule has 0 radical (unpaired) electrons. The van der Waals surface area contributed by atoms with Gasteiger partial charge in [0.2, 0.25) is 0 Å². The van der Waals surface area contributed by atoms with Crippen molar-refractivity contribution in [2.75, 3.05) is 9.80 Å². The van der Waals surface area contributed by atoms with Crippen molar-refractivity contribution in [2.45, 2.75) is 0 Å². The summed E-state index contributed by atoms with van der Waals surface area (Å²) < 4.78 is 2.16. The molecule has 4 aromatic heterocycles. The molecule has 9 aromatic rings. The quantitative estimate of drug-likeness (QED) is 0.177. The smallest absolute Gasteiger partial charge is 0.188 e. The Morgan fingerprint density at radius 1 is 0.365 bits per heavy atom. The molecule has 0 saturated carbocycles. The van der Waals surface area contributed by atoms with Gasteiger partial charge in [0.05, 0.1) is 22.9 Å². The van der Waals surface area contributed by atoms with Crippen LogP contribution in [0.4, 0.5) is 34.1 Å². The summed E-state index contributed by atoms with van der Waals surface area (Å²) in [5.41, 5.74) is 10.7. The molecule has 7 heteroatoms. The van der Waals surface area contributed by atoms with Gasteiger partial charge < -0.3 is 9.80 Å². The average molecular weight is 683 g/mol. The van der Waals surface area contributed by atoms with Gasteiger partial charge in [-0.15, -0.1) is 0 Å². The van der Waals surface area contributed by atoms with Crippen molar-refractivity contribution in [1.82, 2.24) is 19.5 Å². The third-order valence-electron chi connectivity index (χ3n) is 10.7. The first-order valence-corrected chi connectivity index (χ1v) is 19.5. The first-order valence-electron chi connectivity index (χ1n) is 17.5. The van der Waals surface area contributed by atoms with E-state index in [0.717, 1.165) is 39.3 Å². The summed E-state index contributed by atoms with van der Waals surface area (Å²) in [7, 11) is -2.84. The minimum atomic E-state index is -2.84. The molecule has 0 aliphatic carbocycles. The fourth-order valence-electron chi connectivity index (χ4n) is 8.75. The van der Waals surface area contributed by atoms with E-state index >= 15 is 0 Å². The zero-order chi connectivity index (χ0) is 34.2. The molecule has 1 spiro atoms. The van der Waals surface area contributed by atoms with Crippen LogP contribution in [0.1, 0.15) is 0 Å². The number of fused-ring (bicyclic) bond motifs is 11. The summed E-state index contributed by atoms with van der Waals surface area (Å²) >= 11 is 0. The molecule has 0 bridgehead atoms. The fraction of sp³-hybridized carbons (Fsp3) is 0. The second kappa shape index (κ2) is 11.1. The molecule has 244 valence electrons. The Morgan fingerprint density at radius 3 is 1.27 bits per heavy atom. The number of benzene rings is 5. The maximum Gasteiger partial charge on any atom is 0.188 e. The minimum absolute atomic E-state index is 0.824. The van der Waals surface area contributed by atoms with Crippen molar-refractivity contribution in [2.24, 2.45) is 0 Å². The first kappa shape index (κ1) is 29.0. The van der Waals surface area contributed by atoms with Gasteiger partial charge >= 0.3 is 0 Å². The van der Waals surface area contributed by atoms with Crippen LogP contribution in [0.25, 0.3) is 27.9 Å². The van der Waals surface area contributed by atoms with Crippen molar-refractivity contribution in [3.8, 4) is 5.82 Å². The van der Waals surface area contributed by atoms with Gasteiger partial charge in [-0.05, 0) is 93.5 Å². The summed E-state index contributed by atoms with van der Waals surface area (Å²) in [6.45, 7) is 0. The van der Waals surface area contributed by atoms with Crippen molar-refractivity contribution < 1.29 is 0 Å². The predicted molar refractivity (Wildman–Crippen MR) is 214 cm³/mol. The van der Waals surface area contributed by atoms with Crippen molar-refractivity contribution in [1.29, 1.82) is 0 Å². The average Bonchev–Trinajstić information content (AvgIpc) is 3.56. The highest BCUT2D eigenvalue weighted by Gasteiger charge is 2.53. The molecule has 5 aromatic carbocycles. The summed E-state index contributed by atoms with van der Waals surface area (Å²) in [6.07, 6.45) is 5.65. The van der Waals surface area contributed by atoms with Gasteiger partial charge in [-0.1, -0.05) is 91.0 Å². The van der Waals surface area contributed by atoms with Crippen LogP contribution in [-0.2, 0) is 0 Å². The minimum Gasteiger partial charge on any atom is -0.311 e. The molecule has 2 aliphatic heterocycles. The second-order valence-corrected chi connectivity index (χ2v) is 16.9. The van der Waals surface area contributed by atoms with Crippen LogP contribution in [0.2, 0.25) is 0 Å². The monoisotopic (exact) mass is 682 g/mol. The summed E-state index contributed by atoms with van der Waals surface area (Å²) in [5.74, 6) is 0.824. The van der Waals surface area contributed by atoms with Crippen LogP contribution in [-0.4, -0.2) is 27.6 Å². The first-order chi connectivity index (χ1) is 25.8. The molecule has 6 heterocycles. The van der Waals surface area contributed by atoms with E-state index in [-0.39, 0.29) is 0 Å². The Hall–Kier alpha value is -6.83. The van der Waals surface area contributed by atoms with Crippen LogP contribution >= 0.6 is 0 Å². The third-order valence-corrected chi connectivity index (χ3v) is 15.6. The van der Waals surface area contributed by atoms with E-state index in [1.54, 1.807) is 0 Å². The van der Waals surface area contributed by atoms with Gasteiger partial charge in [0.25, 0.3) is 0 Å². The molecule has 0 amide bonds. The number of aromatic nitrogens is 4. The summed E-state index contributed by atoms with van der Waals surface area (Å²) in [5, 5.41) is 5.51. The lowest BCUT2D eigenvalue weighted by Crippen LogP contribution is -2.79. The standard InChI is InChI=1S/C45H30N6Si/c1-2-14-31(15-3-1)49-33-16-4-8-22-39(33)52(40-23-9-5-17-34(40)49)41-24-10-6-18-35(41)50(36-19-7-11-25-42(36)52)32-26-27-43(48-30-32)51-37-20-12-28-46-44(37)45-38(51)21-13-29-47-45/h1-30H. The normalized spacial score (nSPS) is 13.8. The maximum atomic E-state index is 5.13. The van der Waals surface area contributed by atoms with E-state index in [2.05, 4.69) is 176 Å². The third kappa shape index (κ3) is 3.85. The summed E-state index contributed by atoms with van der Waals surface area (Å²) in [6, 6.07) is 59.3. The summed E-state index contributed by atoms with van der Waals surface area (Å²) in [4.78, 5) is 19.3. The van der Waals surface area contributed by atoms with Crippen LogP contribution in [0, 0.1) is 0 Å². The molecular formula is C45H30N6Si. The molecule has 52 heavy (non-hydrogen) atoms. The Bertz CT molecular complexity index is 2680. The molecule has 0 atom stereocenters. The van der Waals surface area contributed by atoms with E-state index in [0.29, 0.717) is 0 Å². The van der Waals surface area contributed by atoms with E-state index in [9.17, 15) is 0 Å². The molecule has 0 N–H and O–H groups in total. The largest absolute Gasteiger partial charge is 0.311 e. The number of nitrogens with zero attached hydrogens (tertiary/aromatic N) is 6. The van der Waals surface area contributed by atoms with E-state index in [1.807, 2.05) is 30.7 Å². The topological polar surface area (TPSA) is 50.1 Å². The number of para-hydroxylation sites is 5. The highest BCUT2D eigenvalue weighted by Crippen LogP contribution is 2.43. The molecule has 0 fully saturated rings. The molecule has 0 unspecified atom stereocenters. The lowest BCUT2D eigenvalue weighted by molar-refractivity contribution is 1.07. The fourth-order valence-corrected chi connectivity index (χ4v) is 14.2. The molecule has 11 rings (SSSR count). The predicted octanol–water partition coefficient (Wildman–Crippen LogP) is 7.91. The van der Waals surface area contributed by atoms with Crippen molar-refractivity contribution >= 4 is 85.0 Å². The van der Waals surface area contributed by atoms with E-state index in [4.69, 9.17) is 4.98 Å². The zero-order valence-corrected chi connectivity index (χ0v) is 29.0. The highest BCUT2D eigenvalue weighted by atomic mass is 28.3. The van der Waals surface area contributed by atoms with E-state index < -0.39 is 8.07 Å². The van der Waals surface area contributed by atoms with Gasteiger partial charge in [0.1, 0.15) is 16.9 Å². The maximum absolute atomic E-state index is 5.13. The van der Waals surface area contributed by atoms with Crippen molar-refractivity contribution in [3.63, 3.8) is 0 Å². The van der Waals surface area contributed by atoms with Gasteiger partial charge in [-0.25, -0.2) is 4.98 Å².